The summed E-state index contributed by atoms with van der Waals surface area (Å²) in [6.07, 6.45) is 0.301. The highest BCUT2D eigenvalue weighted by atomic mass is 16.5. The van der Waals surface area contributed by atoms with Gasteiger partial charge in [0.1, 0.15) is 0 Å². The van der Waals surface area contributed by atoms with Gasteiger partial charge in [-0.1, -0.05) is 0 Å². The molecule has 1 amide bonds. The summed E-state index contributed by atoms with van der Waals surface area (Å²) in [5, 5.41) is 4.33. The second kappa shape index (κ2) is 6.71. The molecule has 1 fully saturated rings. The van der Waals surface area contributed by atoms with Gasteiger partial charge in [0.05, 0.1) is 26.0 Å². The Bertz CT molecular complexity index is 526. The molecule has 1 atom stereocenters. The molecule has 1 aliphatic rings. The van der Waals surface area contributed by atoms with E-state index in [1.165, 1.54) is 7.11 Å². The zero-order valence-corrected chi connectivity index (χ0v) is 12.7. The van der Waals surface area contributed by atoms with Crippen LogP contribution in [0.2, 0.25) is 0 Å². The van der Waals surface area contributed by atoms with Crippen LogP contribution in [-0.2, 0) is 25.6 Å². The molecule has 7 nitrogen and oxygen atoms in total. The molecule has 0 bridgehead atoms. The summed E-state index contributed by atoms with van der Waals surface area (Å²) in [5.74, 6) is -0.518. The van der Waals surface area contributed by atoms with E-state index in [1.807, 2.05) is 19.9 Å². The Morgan fingerprint density at radius 1 is 1.48 bits per heavy atom. The van der Waals surface area contributed by atoms with Gasteiger partial charge < -0.3 is 14.4 Å². The Hall–Kier alpha value is -1.89. The lowest BCUT2D eigenvalue weighted by molar-refractivity contribution is -0.160. The fraction of sp³-hybridized carbons (Fsp3) is 0.643. The van der Waals surface area contributed by atoms with Crippen LogP contribution in [0.25, 0.3) is 0 Å². The van der Waals surface area contributed by atoms with Crippen LogP contribution in [0.4, 0.5) is 0 Å². The van der Waals surface area contributed by atoms with Crippen molar-refractivity contribution in [2.24, 2.45) is 0 Å². The van der Waals surface area contributed by atoms with Gasteiger partial charge in [0.25, 0.3) is 0 Å². The molecule has 0 saturated carbocycles. The average molecular weight is 295 g/mol. The number of carbonyl (C=O) groups is 2. The SMILES string of the molecule is COC(=O)C1COCCN1C(=O)CCn1nc(C)cc1C. The van der Waals surface area contributed by atoms with Crippen LogP contribution in [0, 0.1) is 13.8 Å². The summed E-state index contributed by atoms with van der Waals surface area (Å²) >= 11 is 0. The summed E-state index contributed by atoms with van der Waals surface area (Å²) in [5.41, 5.74) is 1.95. The van der Waals surface area contributed by atoms with Crippen LogP contribution >= 0.6 is 0 Å². The number of aryl methyl sites for hydroxylation is 3. The summed E-state index contributed by atoms with van der Waals surface area (Å²) in [7, 11) is 1.31. The van der Waals surface area contributed by atoms with Gasteiger partial charge in [-0.3, -0.25) is 9.48 Å². The molecule has 1 aromatic rings. The van der Waals surface area contributed by atoms with Gasteiger partial charge in [-0.2, -0.15) is 5.10 Å². The maximum absolute atomic E-state index is 12.3. The van der Waals surface area contributed by atoms with Crippen molar-refractivity contribution in [3.63, 3.8) is 0 Å². The minimum absolute atomic E-state index is 0.0822. The normalized spacial score (nSPS) is 18.6. The van der Waals surface area contributed by atoms with Crippen molar-refractivity contribution in [2.75, 3.05) is 26.9 Å². The van der Waals surface area contributed by atoms with Gasteiger partial charge in [0.15, 0.2) is 6.04 Å². The third-order valence-electron chi connectivity index (χ3n) is 3.56. The quantitative estimate of drug-likeness (QED) is 0.747. The van der Waals surface area contributed by atoms with Crippen molar-refractivity contribution in [3.05, 3.63) is 17.5 Å². The maximum Gasteiger partial charge on any atom is 0.331 e. The molecule has 1 saturated heterocycles. The molecule has 1 aliphatic heterocycles. The molecule has 1 unspecified atom stereocenters. The van der Waals surface area contributed by atoms with Crippen molar-refractivity contribution in [1.29, 1.82) is 0 Å². The number of hydrogen-bond acceptors (Lipinski definition) is 5. The Kier molecular flexibility index (Phi) is 4.95. The van der Waals surface area contributed by atoms with E-state index in [-0.39, 0.29) is 12.5 Å². The van der Waals surface area contributed by atoms with E-state index in [2.05, 4.69) is 5.10 Å². The number of nitrogens with zero attached hydrogens (tertiary/aromatic N) is 3. The van der Waals surface area contributed by atoms with Crippen LogP contribution in [0.5, 0.6) is 0 Å². The molecule has 0 N–H and O–H groups in total. The molecular weight excluding hydrogens is 274 g/mol. The minimum atomic E-state index is -0.642. The number of methoxy groups -OCH3 is 1. The largest absolute Gasteiger partial charge is 0.467 e. The van der Waals surface area contributed by atoms with Crippen LogP contribution in [-0.4, -0.2) is 59.5 Å². The average Bonchev–Trinajstić information content (AvgIpc) is 2.81. The fourth-order valence-corrected chi connectivity index (χ4v) is 2.48. The Morgan fingerprint density at radius 3 is 2.86 bits per heavy atom. The van der Waals surface area contributed by atoms with Crippen molar-refractivity contribution in [2.45, 2.75) is 32.9 Å². The predicted octanol–water partition coefficient (Wildman–Crippen LogP) is 0.290. The van der Waals surface area contributed by atoms with Crippen molar-refractivity contribution in [3.8, 4) is 0 Å². The maximum atomic E-state index is 12.3. The molecule has 0 aromatic carbocycles. The highest BCUT2D eigenvalue weighted by Gasteiger charge is 2.33. The van der Waals surface area contributed by atoms with Gasteiger partial charge in [-0.05, 0) is 19.9 Å². The third-order valence-corrected chi connectivity index (χ3v) is 3.56. The highest BCUT2D eigenvalue weighted by molar-refractivity contribution is 5.84. The van der Waals surface area contributed by atoms with Crippen LogP contribution in [0.1, 0.15) is 17.8 Å². The van der Waals surface area contributed by atoms with Gasteiger partial charge in [-0.15, -0.1) is 0 Å². The summed E-state index contributed by atoms with van der Waals surface area (Å²) in [6, 6.07) is 1.33. The Balaban J connectivity index is 1.97. The highest BCUT2D eigenvalue weighted by Crippen LogP contribution is 2.11. The van der Waals surface area contributed by atoms with Gasteiger partial charge in [0, 0.05) is 25.2 Å². The lowest BCUT2D eigenvalue weighted by Gasteiger charge is -2.33. The smallest absolute Gasteiger partial charge is 0.331 e. The number of morpholine rings is 1. The Morgan fingerprint density at radius 2 is 2.24 bits per heavy atom. The first-order chi connectivity index (χ1) is 10.0. The van der Waals surface area contributed by atoms with Crippen LogP contribution in [0.15, 0.2) is 6.07 Å². The van der Waals surface area contributed by atoms with Crippen LogP contribution < -0.4 is 0 Å². The number of aromatic nitrogens is 2. The molecule has 1 aromatic heterocycles. The lowest BCUT2D eigenvalue weighted by Crippen LogP contribution is -2.53. The zero-order valence-electron chi connectivity index (χ0n) is 12.7. The predicted molar refractivity (Wildman–Crippen MR) is 74.7 cm³/mol. The fourth-order valence-electron chi connectivity index (χ4n) is 2.48. The van der Waals surface area contributed by atoms with E-state index in [0.717, 1.165) is 11.4 Å². The molecule has 0 aliphatic carbocycles. The summed E-state index contributed by atoms with van der Waals surface area (Å²) in [4.78, 5) is 25.6. The molecule has 2 rings (SSSR count). The first kappa shape index (κ1) is 15.5. The molecule has 0 radical (unpaired) electrons. The molecule has 21 heavy (non-hydrogen) atoms. The van der Waals surface area contributed by atoms with E-state index < -0.39 is 12.0 Å². The van der Waals surface area contributed by atoms with E-state index in [9.17, 15) is 9.59 Å². The summed E-state index contributed by atoms with van der Waals surface area (Å²) < 4.78 is 11.8. The van der Waals surface area contributed by atoms with Gasteiger partial charge in [0.2, 0.25) is 5.91 Å². The summed E-state index contributed by atoms with van der Waals surface area (Å²) in [6.45, 7) is 5.42. The Labute approximate surface area is 123 Å². The van der Waals surface area contributed by atoms with E-state index in [1.54, 1.807) is 9.58 Å². The number of ether oxygens (including phenoxy) is 2. The van der Waals surface area contributed by atoms with Gasteiger partial charge >= 0.3 is 5.97 Å². The lowest BCUT2D eigenvalue weighted by atomic mass is 10.2. The second-order valence-electron chi connectivity index (χ2n) is 5.10. The van der Waals surface area contributed by atoms with Crippen molar-refractivity contribution >= 4 is 11.9 Å². The molecule has 0 spiro atoms. The second-order valence-corrected chi connectivity index (χ2v) is 5.10. The van der Waals surface area contributed by atoms with E-state index in [4.69, 9.17) is 9.47 Å². The van der Waals surface area contributed by atoms with Crippen molar-refractivity contribution in [1.82, 2.24) is 14.7 Å². The molecule has 7 heteroatoms. The number of hydrogen-bond donors (Lipinski definition) is 0. The number of carbonyl (C=O) groups excluding carboxylic acids is 2. The first-order valence-electron chi connectivity index (χ1n) is 6.99. The molecule has 2 heterocycles. The zero-order chi connectivity index (χ0) is 15.4. The van der Waals surface area contributed by atoms with Crippen molar-refractivity contribution < 1.29 is 19.1 Å². The minimum Gasteiger partial charge on any atom is -0.467 e. The molecule has 116 valence electrons. The van der Waals surface area contributed by atoms with Crippen LogP contribution in [0.3, 0.4) is 0 Å². The first-order valence-corrected chi connectivity index (χ1v) is 6.99. The standard InChI is InChI=1S/C14H21N3O4/c1-10-8-11(2)17(15-10)5-4-13(18)16-6-7-21-9-12(16)14(19)20-3/h8,12H,4-7,9H2,1-3H3. The van der Waals surface area contributed by atoms with E-state index >= 15 is 0 Å². The van der Waals surface area contributed by atoms with E-state index in [0.29, 0.717) is 26.1 Å². The topological polar surface area (TPSA) is 73.7 Å². The molecular formula is C14H21N3O4. The monoisotopic (exact) mass is 295 g/mol. The number of esters is 1. The number of rotatable bonds is 4. The third kappa shape index (κ3) is 3.60. The number of amides is 1. The van der Waals surface area contributed by atoms with Gasteiger partial charge in [-0.25, -0.2) is 4.79 Å².